The molecule has 0 fully saturated rings. The molecule has 144 valence electrons. The molecule has 0 saturated heterocycles. The number of pyridine rings is 1. The summed E-state index contributed by atoms with van der Waals surface area (Å²) >= 11 is 0. The second-order valence-corrected chi connectivity index (χ2v) is 5.91. The second-order valence-electron chi connectivity index (χ2n) is 5.91. The molecule has 0 saturated carbocycles. The van der Waals surface area contributed by atoms with E-state index in [1.54, 1.807) is 37.6 Å². The van der Waals surface area contributed by atoms with Gasteiger partial charge in [-0.25, -0.2) is 14.2 Å². The van der Waals surface area contributed by atoms with E-state index in [0.29, 0.717) is 23.7 Å². The van der Waals surface area contributed by atoms with Crippen molar-refractivity contribution in [3.05, 3.63) is 83.8 Å². The average Bonchev–Trinajstić information content (AvgIpc) is 2.72. The van der Waals surface area contributed by atoms with Gasteiger partial charge in [-0.1, -0.05) is 24.3 Å². The van der Waals surface area contributed by atoms with Crippen LogP contribution >= 0.6 is 0 Å². The van der Waals surface area contributed by atoms with Crippen LogP contribution in [0.25, 0.3) is 0 Å². The zero-order valence-corrected chi connectivity index (χ0v) is 15.3. The van der Waals surface area contributed by atoms with Crippen LogP contribution in [0.3, 0.4) is 0 Å². The molecular formula is C21H20FN3O3. The van der Waals surface area contributed by atoms with E-state index >= 15 is 0 Å². The molecule has 1 aromatic heterocycles. The lowest BCUT2D eigenvalue weighted by atomic mass is 10.2. The van der Waals surface area contributed by atoms with Gasteiger partial charge in [-0.05, 0) is 35.9 Å². The summed E-state index contributed by atoms with van der Waals surface area (Å²) < 4.78 is 24.1. The van der Waals surface area contributed by atoms with Gasteiger partial charge in [0.1, 0.15) is 17.3 Å². The van der Waals surface area contributed by atoms with E-state index < -0.39 is 5.82 Å². The highest BCUT2D eigenvalue weighted by atomic mass is 19.1. The van der Waals surface area contributed by atoms with E-state index in [1.165, 1.54) is 12.1 Å². The number of amides is 2. The van der Waals surface area contributed by atoms with Gasteiger partial charge in [-0.3, -0.25) is 0 Å². The van der Waals surface area contributed by atoms with Crippen molar-refractivity contribution in [2.45, 2.75) is 13.1 Å². The first-order valence-corrected chi connectivity index (χ1v) is 8.66. The van der Waals surface area contributed by atoms with Crippen LogP contribution in [0.1, 0.15) is 11.1 Å². The Balaban J connectivity index is 1.56. The minimum Gasteiger partial charge on any atom is -0.497 e. The molecular weight excluding hydrogens is 361 g/mol. The molecule has 0 atom stereocenters. The van der Waals surface area contributed by atoms with Crippen molar-refractivity contribution in [2.75, 3.05) is 7.11 Å². The number of aromatic nitrogens is 1. The third-order valence-corrected chi connectivity index (χ3v) is 3.89. The van der Waals surface area contributed by atoms with E-state index in [2.05, 4.69) is 15.6 Å². The fourth-order valence-electron chi connectivity index (χ4n) is 2.50. The molecule has 28 heavy (non-hydrogen) atoms. The summed E-state index contributed by atoms with van der Waals surface area (Å²) in [4.78, 5) is 16.3. The largest absolute Gasteiger partial charge is 0.497 e. The number of carbonyl (C=O) groups is 1. The predicted molar refractivity (Wildman–Crippen MR) is 103 cm³/mol. The summed E-state index contributed by atoms with van der Waals surface area (Å²) in [6.45, 7) is 0.575. The molecule has 0 unspecified atom stereocenters. The topological polar surface area (TPSA) is 72.5 Å². The highest BCUT2D eigenvalue weighted by Crippen LogP contribution is 2.23. The minimum absolute atomic E-state index is 0.211. The van der Waals surface area contributed by atoms with Crippen LogP contribution in [-0.2, 0) is 13.1 Å². The zero-order chi connectivity index (χ0) is 19.8. The van der Waals surface area contributed by atoms with Crippen LogP contribution in [0.5, 0.6) is 17.4 Å². The van der Waals surface area contributed by atoms with Gasteiger partial charge in [0.05, 0.1) is 7.11 Å². The first-order valence-electron chi connectivity index (χ1n) is 8.66. The number of nitrogens with zero attached hydrogens (tertiary/aromatic N) is 1. The quantitative estimate of drug-likeness (QED) is 0.648. The Morgan fingerprint density at radius 3 is 2.61 bits per heavy atom. The molecule has 3 rings (SSSR count). The molecule has 0 aliphatic carbocycles. The Bertz CT molecular complexity index is 949. The Hall–Kier alpha value is -3.61. The van der Waals surface area contributed by atoms with E-state index in [-0.39, 0.29) is 12.6 Å². The monoisotopic (exact) mass is 381 g/mol. The van der Waals surface area contributed by atoms with E-state index in [0.717, 1.165) is 11.3 Å². The van der Waals surface area contributed by atoms with Crippen molar-refractivity contribution >= 4 is 6.03 Å². The summed E-state index contributed by atoms with van der Waals surface area (Å²) in [5.74, 6) is 0.975. The van der Waals surface area contributed by atoms with Crippen LogP contribution < -0.4 is 20.1 Å². The molecule has 2 aromatic carbocycles. The second kappa shape index (κ2) is 9.36. The van der Waals surface area contributed by atoms with Gasteiger partial charge >= 0.3 is 6.03 Å². The van der Waals surface area contributed by atoms with Crippen molar-refractivity contribution in [2.24, 2.45) is 0 Å². The Labute approximate surface area is 162 Å². The van der Waals surface area contributed by atoms with Crippen LogP contribution in [0, 0.1) is 5.82 Å². The molecule has 0 bridgehead atoms. The van der Waals surface area contributed by atoms with Gasteiger partial charge < -0.3 is 20.1 Å². The van der Waals surface area contributed by atoms with E-state index in [4.69, 9.17) is 9.47 Å². The normalized spacial score (nSPS) is 10.2. The van der Waals surface area contributed by atoms with Crippen molar-refractivity contribution in [1.29, 1.82) is 0 Å². The average molecular weight is 381 g/mol. The maximum absolute atomic E-state index is 13.3. The standard InChI is InChI=1S/C21H20FN3O3/c1-27-18-8-2-5-15(11-18)13-24-21(26)25-14-16-6-4-10-23-20(16)28-19-9-3-7-17(22)12-19/h2-12H,13-14H2,1H3,(H2,24,25,26). The number of benzene rings is 2. The lowest BCUT2D eigenvalue weighted by Crippen LogP contribution is -2.34. The highest BCUT2D eigenvalue weighted by molar-refractivity contribution is 5.73. The Kier molecular flexibility index (Phi) is 6.41. The van der Waals surface area contributed by atoms with Crippen molar-refractivity contribution in [3.8, 4) is 17.4 Å². The molecule has 0 aliphatic rings. The van der Waals surface area contributed by atoms with Gasteiger partial charge in [-0.15, -0.1) is 0 Å². The summed E-state index contributed by atoms with van der Waals surface area (Å²) in [6.07, 6.45) is 1.57. The summed E-state index contributed by atoms with van der Waals surface area (Å²) in [7, 11) is 1.59. The molecule has 0 radical (unpaired) electrons. The van der Waals surface area contributed by atoms with E-state index in [1.807, 2.05) is 24.3 Å². The van der Waals surface area contributed by atoms with Gasteiger partial charge in [0.2, 0.25) is 5.88 Å². The van der Waals surface area contributed by atoms with Gasteiger partial charge in [0.15, 0.2) is 0 Å². The fourth-order valence-corrected chi connectivity index (χ4v) is 2.50. The van der Waals surface area contributed by atoms with Crippen LogP contribution in [0.15, 0.2) is 66.9 Å². The third-order valence-electron chi connectivity index (χ3n) is 3.89. The maximum atomic E-state index is 13.3. The van der Waals surface area contributed by atoms with Crippen molar-refractivity contribution in [3.63, 3.8) is 0 Å². The lowest BCUT2D eigenvalue weighted by molar-refractivity contribution is 0.240. The number of rotatable bonds is 7. The number of hydrogen-bond donors (Lipinski definition) is 2. The van der Waals surface area contributed by atoms with Gasteiger partial charge in [-0.2, -0.15) is 0 Å². The predicted octanol–water partition coefficient (Wildman–Crippen LogP) is 4.02. The van der Waals surface area contributed by atoms with Crippen LogP contribution in [-0.4, -0.2) is 18.1 Å². The lowest BCUT2D eigenvalue weighted by Gasteiger charge is -2.12. The SMILES string of the molecule is COc1cccc(CNC(=O)NCc2cccnc2Oc2cccc(F)c2)c1. The number of urea groups is 1. The number of halogens is 1. The van der Waals surface area contributed by atoms with E-state index in [9.17, 15) is 9.18 Å². The molecule has 1 heterocycles. The summed E-state index contributed by atoms with van der Waals surface area (Å²) in [5, 5.41) is 5.54. The number of nitrogens with one attached hydrogen (secondary N) is 2. The minimum atomic E-state index is -0.398. The molecule has 7 heteroatoms. The molecule has 3 aromatic rings. The maximum Gasteiger partial charge on any atom is 0.315 e. The first-order chi connectivity index (χ1) is 13.6. The Morgan fingerprint density at radius 2 is 1.79 bits per heavy atom. The summed E-state index contributed by atoms with van der Waals surface area (Å²) in [6, 6.07) is 16.4. The van der Waals surface area contributed by atoms with Gasteiger partial charge in [0, 0.05) is 30.9 Å². The number of ether oxygens (including phenoxy) is 2. The van der Waals surface area contributed by atoms with Crippen molar-refractivity contribution in [1.82, 2.24) is 15.6 Å². The number of carbonyl (C=O) groups excluding carboxylic acids is 1. The molecule has 2 N–H and O–H groups in total. The molecule has 6 nitrogen and oxygen atoms in total. The number of hydrogen-bond acceptors (Lipinski definition) is 4. The third kappa shape index (κ3) is 5.44. The molecule has 2 amide bonds. The zero-order valence-electron chi connectivity index (χ0n) is 15.3. The van der Waals surface area contributed by atoms with Gasteiger partial charge in [0.25, 0.3) is 0 Å². The number of methoxy groups -OCH3 is 1. The van der Waals surface area contributed by atoms with Crippen molar-refractivity contribution < 1.29 is 18.7 Å². The fraction of sp³-hybridized carbons (Fsp3) is 0.143. The Morgan fingerprint density at radius 1 is 1.00 bits per heavy atom. The molecule has 0 aliphatic heterocycles. The molecule has 0 spiro atoms. The van der Waals surface area contributed by atoms with Crippen LogP contribution in [0.4, 0.5) is 9.18 Å². The summed E-state index contributed by atoms with van der Waals surface area (Å²) in [5.41, 5.74) is 1.59. The van der Waals surface area contributed by atoms with Crippen LogP contribution in [0.2, 0.25) is 0 Å². The highest BCUT2D eigenvalue weighted by Gasteiger charge is 2.09. The smallest absolute Gasteiger partial charge is 0.315 e. The first kappa shape index (κ1) is 19.2.